The van der Waals surface area contributed by atoms with Crippen molar-refractivity contribution in [3.05, 3.63) is 0 Å². The van der Waals surface area contributed by atoms with E-state index in [1.165, 1.54) is 5.32 Å². The first-order valence-electron chi connectivity index (χ1n) is 1.45. The van der Waals surface area contributed by atoms with Gasteiger partial charge in [-0.3, -0.25) is 5.32 Å². The summed E-state index contributed by atoms with van der Waals surface area (Å²) in [6.07, 6.45) is 0. The standard InChI is InChI=1S/C2H4N3O2/c3-1(6)5-2(4)7/h3H,(H3,4,5,6,7). The highest BCUT2D eigenvalue weighted by molar-refractivity contribution is 5.91. The van der Waals surface area contributed by atoms with Gasteiger partial charge in [-0.25, -0.2) is 15.3 Å². The SMILES string of the molecule is [NH]C(=O)NC(N)=O. The number of carbonyl (C=O) groups is 2. The van der Waals surface area contributed by atoms with Crippen LogP contribution in [0.25, 0.3) is 0 Å². The third kappa shape index (κ3) is 4.74. The molecule has 0 aromatic heterocycles. The summed E-state index contributed by atoms with van der Waals surface area (Å²) < 4.78 is 0. The van der Waals surface area contributed by atoms with Gasteiger partial charge in [0, 0.05) is 0 Å². The van der Waals surface area contributed by atoms with Crippen LogP contribution >= 0.6 is 0 Å². The number of carbonyl (C=O) groups excluding carboxylic acids is 2. The molecule has 0 aliphatic carbocycles. The Morgan fingerprint density at radius 1 is 1.57 bits per heavy atom. The van der Waals surface area contributed by atoms with E-state index in [9.17, 15) is 9.59 Å². The number of primary amides is 1. The molecular formula is C2H4N3O2. The zero-order valence-corrected chi connectivity index (χ0v) is 3.39. The maximum absolute atomic E-state index is 9.58. The number of nitrogens with two attached hydrogens (primary N) is 1. The zero-order chi connectivity index (χ0) is 5.86. The molecule has 4 amide bonds. The summed E-state index contributed by atoms with van der Waals surface area (Å²) in [4.78, 5) is 19.1. The van der Waals surface area contributed by atoms with Crippen LogP contribution in [0.1, 0.15) is 0 Å². The van der Waals surface area contributed by atoms with E-state index < -0.39 is 12.1 Å². The first kappa shape index (κ1) is 5.74. The van der Waals surface area contributed by atoms with Crippen molar-refractivity contribution in [2.24, 2.45) is 5.73 Å². The maximum Gasteiger partial charge on any atom is 0.341 e. The van der Waals surface area contributed by atoms with Gasteiger partial charge in [0.15, 0.2) is 0 Å². The summed E-state index contributed by atoms with van der Waals surface area (Å²) in [5.74, 6) is 0. The molecule has 0 fully saturated rings. The Kier molecular flexibility index (Phi) is 1.65. The van der Waals surface area contributed by atoms with Crippen LogP contribution in [0, 0.1) is 0 Å². The van der Waals surface area contributed by atoms with Crippen molar-refractivity contribution < 1.29 is 9.59 Å². The molecule has 4 N–H and O–H groups in total. The predicted molar refractivity (Wildman–Crippen MR) is 21.2 cm³/mol. The van der Waals surface area contributed by atoms with E-state index in [-0.39, 0.29) is 0 Å². The number of nitrogens with one attached hydrogen (secondary N) is 2. The maximum atomic E-state index is 9.58. The lowest BCUT2D eigenvalue weighted by molar-refractivity contribution is 0.236. The zero-order valence-electron chi connectivity index (χ0n) is 3.39. The van der Waals surface area contributed by atoms with Gasteiger partial charge >= 0.3 is 12.1 Å². The average Bonchev–Trinajstić information content (AvgIpc) is 1.27. The number of rotatable bonds is 0. The largest absolute Gasteiger partial charge is 0.351 e. The number of amides is 4. The van der Waals surface area contributed by atoms with Gasteiger partial charge in [0.25, 0.3) is 0 Å². The molecule has 0 bridgehead atoms. The van der Waals surface area contributed by atoms with Gasteiger partial charge in [0.2, 0.25) is 0 Å². The van der Waals surface area contributed by atoms with Crippen LogP contribution < -0.4 is 16.8 Å². The van der Waals surface area contributed by atoms with Crippen LogP contribution in [0.2, 0.25) is 0 Å². The monoisotopic (exact) mass is 102 g/mol. The summed E-state index contributed by atoms with van der Waals surface area (Å²) in [5.41, 5.74) is 10.5. The molecule has 1 radical (unpaired) electrons. The molecule has 0 aromatic rings. The molecule has 39 valence electrons. The van der Waals surface area contributed by atoms with Crippen molar-refractivity contribution in [2.75, 3.05) is 0 Å². The predicted octanol–water partition coefficient (Wildman–Crippen LogP) is -0.942. The Morgan fingerprint density at radius 3 is 2.00 bits per heavy atom. The minimum Gasteiger partial charge on any atom is -0.351 e. The highest BCUT2D eigenvalue weighted by atomic mass is 16.2. The lowest BCUT2D eigenvalue weighted by atomic mass is 10.9. The van der Waals surface area contributed by atoms with Gasteiger partial charge in [0.05, 0.1) is 0 Å². The van der Waals surface area contributed by atoms with E-state index in [2.05, 4.69) is 5.73 Å². The molecule has 0 rings (SSSR count). The molecule has 0 aliphatic heterocycles. The van der Waals surface area contributed by atoms with Crippen LogP contribution in [-0.4, -0.2) is 12.1 Å². The van der Waals surface area contributed by atoms with Crippen molar-refractivity contribution in [1.29, 1.82) is 0 Å². The second-order valence-electron chi connectivity index (χ2n) is 0.818. The molecule has 0 heterocycles. The Hall–Kier alpha value is -1.26. The molecule has 7 heavy (non-hydrogen) atoms. The fraction of sp³-hybridized carbons (Fsp3) is 0. The fourth-order valence-corrected chi connectivity index (χ4v) is 0.112. The van der Waals surface area contributed by atoms with E-state index >= 15 is 0 Å². The quantitative estimate of drug-likeness (QED) is 0.412. The van der Waals surface area contributed by atoms with E-state index in [4.69, 9.17) is 5.73 Å². The minimum absolute atomic E-state index is 1.000. The lowest BCUT2D eigenvalue weighted by Crippen LogP contribution is -2.34. The summed E-state index contributed by atoms with van der Waals surface area (Å²) in [5, 5.41) is 1.47. The Balaban J connectivity index is 3.32. The van der Waals surface area contributed by atoms with Crippen LogP contribution in [0.5, 0.6) is 0 Å². The van der Waals surface area contributed by atoms with Crippen molar-refractivity contribution >= 4 is 12.1 Å². The second kappa shape index (κ2) is 2.01. The van der Waals surface area contributed by atoms with Gasteiger partial charge in [-0.15, -0.1) is 0 Å². The molecule has 0 saturated carbocycles. The Labute approximate surface area is 39.7 Å². The Morgan fingerprint density at radius 2 is 2.00 bits per heavy atom. The van der Waals surface area contributed by atoms with Crippen molar-refractivity contribution in [2.45, 2.75) is 0 Å². The molecule has 0 aliphatic rings. The van der Waals surface area contributed by atoms with Crippen LogP contribution in [0.3, 0.4) is 0 Å². The third-order valence-electron chi connectivity index (χ3n) is 0.237. The number of urea groups is 2. The van der Waals surface area contributed by atoms with E-state index in [0.29, 0.717) is 0 Å². The number of imide groups is 1. The second-order valence-corrected chi connectivity index (χ2v) is 0.818. The van der Waals surface area contributed by atoms with E-state index in [0.717, 1.165) is 0 Å². The summed E-state index contributed by atoms with van der Waals surface area (Å²) >= 11 is 0. The fourth-order valence-electron chi connectivity index (χ4n) is 0.112. The number of hydrogen-bond acceptors (Lipinski definition) is 2. The molecule has 0 unspecified atom stereocenters. The topological polar surface area (TPSA) is 96.0 Å². The average molecular weight is 102 g/mol. The highest BCUT2D eigenvalue weighted by Crippen LogP contribution is 1.54. The van der Waals surface area contributed by atoms with Crippen molar-refractivity contribution in [1.82, 2.24) is 11.1 Å². The Bertz CT molecular complexity index is 87.1. The molecule has 0 atom stereocenters. The van der Waals surface area contributed by atoms with Gasteiger partial charge in [0.1, 0.15) is 0 Å². The molecular weight excluding hydrogens is 98.0 g/mol. The number of hydrogen-bond donors (Lipinski definition) is 2. The smallest absolute Gasteiger partial charge is 0.341 e. The summed E-state index contributed by atoms with van der Waals surface area (Å²) in [7, 11) is 0. The van der Waals surface area contributed by atoms with Crippen LogP contribution in [-0.2, 0) is 0 Å². The van der Waals surface area contributed by atoms with Crippen LogP contribution in [0.15, 0.2) is 0 Å². The summed E-state index contributed by atoms with van der Waals surface area (Å²) in [6.45, 7) is 0. The highest BCUT2D eigenvalue weighted by Gasteiger charge is 1.93. The normalized spacial score (nSPS) is 7.43. The minimum atomic E-state index is -1.19. The van der Waals surface area contributed by atoms with E-state index in [1.54, 1.807) is 0 Å². The van der Waals surface area contributed by atoms with Crippen LogP contribution in [0.4, 0.5) is 9.59 Å². The first-order valence-corrected chi connectivity index (χ1v) is 1.45. The molecule has 5 heteroatoms. The van der Waals surface area contributed by atoms with Crippen molar-refractivity contribution in [3.63, 3.8) is 0 Å². The van der Waals surface area contributed by atoms with Gasteiger partial charge in [-0.1, -0.05) is 0 Å². The molecule has 0 saturated heterocycles. The summed E-state index contributed by atoms with van der Waals surface area (Å²) in [6, 6.07) is -2.19. The molecule has 5 nitrogen and oxygen atoms in total. The first-order chi connectivity index (χ1) is 3.13. The van der Waals surface area contributed by atoms with Gasteiger partial charge < -0.3 is 5.73 Å². The third-order valence-corrected chi connectivity index (χ3v) is 0.237. The van der Waals surface area contributed by atoms with Gasteiger partial charge in [-0.2, -0.15) is 0 Å². The van der Waals surface area contributed by atoms with Gasteiger partial charge in [-0.05, 0) is 0 Å². The molecule has 0 aromatic carbocycles. The van der Waals surface area contributed by atoms with Crippen molar-refractivity contribution in [3.8, 4) is 0 Å². The molecule has 0 spiro atoms. The van der Waals surface area contributed by atoms with E-state index in [1.807, 2.05) is 0 Å². The lowest BCUT2D eigenvalue weighted by Gasteiger charge is -1.86.